The van der Waals surface area contributed by atoms with Crippen molar-refractivity contribution in [1.29, 1.82) is 0 Å². The van der Waals surface area contributed by atoms with Gasteiger partial charge in [-0.2, -0.15) is 0 Å². The predicted molar refractivity (Wildman–Crippen MR) is 239 cm³/mol. The molecule has 3 aliphatic rings. The molecule has 0 radical (unpaired) electrons. The molecule has 1 amide bonds. The molecule has 1 fully saturated rings. The summed E-state index contributed by atoms with van der Waals surface area (Å²) in [4.78, 5) is 20.7. The van der Waals surface area contributed by atoms with Crippen LogP contribution in [-0.4, -0.2) is 85.4 Å². The van der Waals surface area contributed by atoms with Gasteiger partial charge in [0.15, 0.2) is 0 Å². The van der Waals surface area contributed by atoms with Crippen molar-refractivity contribution in [3.05, 3.63) is 130 Å². The van der Waals surface area contributed by atoms with Crippen molar-refractivity contribution in [1.82, 2.24) is 14.8 Å². The topological polar surface area (TPSA) is 64.2 Å². The van der Waals surface area contributed by atoms with Crippen LogP contribution in [0.15, 0.2) is 101 Å². The van der Waals surface area contributed by atoms with E-state index >= 15 is 0 Å². The molecule has 4 aromatic carbocycles. The summed E-state index contributed by atoms with van der Waals surface area (Å²) < 4.78 is 14.5. The first kappa shape index (κ1) is 39.1. The number of anilines is 2. The summed E-state index contributed by atoms with van der Waals surface area (Å²) in [5.74, 6) is 1.67. The van der Waals surface area contributed by atoms with E-state index in [-0.39, 0.29) is 5.91 Å². The fourth-order valence-corrected chi connectivity index (χ4v) is 7.53. The molecule has 0 unspecified atom stereocenters. The first-order chi connectivity index (χ1) is 27.7. The zero-order valence-electron chi connectivity index (χ0n) is 34.3. The third kappa shape index (κ3) is 8.52. The number of rotatable bonds is 11. The molecule has 1 N–H and O–H groups in total. The van der Waals surface area contributed by atoms with Gasteiger partial charge in [-0.25, -0.2) is 4.58 Å². The molecule has 0 spiro atoms. The fraction of sp³-hybridized carbons (Fsp3) is 0.265. The number of hydrogen-bond acceptors (Lipinski definition) is 6. The molecule has 1 saturated heterocycles. The van der Waals surface area contributed by atoms with Gasteiger partial charge in [-0.1, -0.05) is 54.6 Å². The number of nitrogens with one attached hydrogen (secondary N) is 1. The van der Waals surface area contributed by atoms with Gasteiger partial charge in [0.05, 0.1) is 13.2 Å². The quantitative estimate of drug-likeness (QED) is 0.0812. The number of methoxy groups -OCH3 is 1. The van der Waals surface area contributed by atoms with E-state index in [1.807, 2.05) is 39.2 Å². The second-order valence-corrected chi connectivity index (χ2v) is 14.9. The Morgan fingerprint density at radius 3 is 2.11 bits per heavy atom. The number of ether oxygens (including phenoxy) is 1. The molecule has 0 saturated carbocycles. The van der Waals surface area contributed by atoms with Crippen molar-refractivity contribution < 1.29 is 13.9 Å². The van der Waals surface area contributed by atoms with E-state index in [2.05, 4.69) is 149 Å². The lowest BCUT2D eigenvalue weighted by molar-refractivity contribution is 0.0736. The van der Waals surface area contributed by atoms with E-state index in [9.17, 15) is 4.79 Å². The van der Waals surface area contributed by atoms with E-state index < -0.39 is 0 Å². The number of benzene rings is 5. The van der Waals surface area contributed by atoms with E-state index in [4.69, 9.17) is 9.15 Å². The lowest BCUT2D eigenvalue weighted by Crippen LogP contribution is -2.46. The Labute approximate surface area is 337 Å². The molecular formula is C49H54N5O3+. The highest BCUT2D eigenvalue weighted by atomic mass is 16.5. The molecule has 2 heterocycles. The smallest absolute Gasteiger partial charge is 0.254 e. The zero-order valence-corrected chi connectivity index (χ0v) is 34.3. The molecule has 8 heteroatoms. The van der Waals surface area contributed by atoms with Gasteiger partial charge in [-0.3, -0.25) is 4.79 Å². The van der Waals surface area contributed by atoms with Crippen molar-refractivity contribution in [2.75, 3.05) is 84.4 Å². The normalized spacial score (nSPS) is 13.2. The van der Waals surface area contributed by atoms with E-state index in [0.717, 1.165) is 104 Å². The third-order valence-electron chi connectivity index (χ3n) is 10.9. The Kier molecular flexibility index (Phi) is 11.9. The van der Waals surface area contributed by atoms with E-state index in [1.54, 1.807) is 7.11 Å². The minimum atomic E-state index is 0.0417. The number of amides is 1. The molecule has 1 aliphatic carbocycles. The van der Waals surface area contributed by atoms with Crippen molar-refractivity contribution in [2.24, 2.45) is 0 Å². The van der Waals surface area contributed by atoms with Crippen LogP contribution in [0.5, 0.6) is 5.75 Å². The first-order valence-electron chi connectivity index (χ1n) is 19.9. The average molecular weight is 761 g/mol. The zero-order chi connectivity index (χ0) is 40.1. The Morgan fingerprint density at radius 1 is 0.772 bits per heavy atom. The molecule has 0 aromatic heterocycles. The van der Waals surface area contributed by atoms with Crippen LogP contribution in [0.25, 0.3) is 57.7 Å². The summed E-state index contributed by atoms with van der Waals surface area (Å²) in [6, 6.07) is 33.8. The number of carbonyl (C=O) groups excluding carboxylic acids is 1. The monoisotopic (exact) mass is 760 g/mol. The molecule has 0 atom stereocenters. The Morgan fingerprint density at radius 2 is 1.44 bits per heavy atom. The second kappa shape index (κ2) is 17.3. The standard InChI is InChI=1S/C49H54N5O3/c1-8-53(9-2)40-20-19-37(45(33-40)56-7)18-16-35-12-10-34(11-13-35)14-15-36-17-23-41(49(55)54-28-26-50-27-29-54)44(30-36)48-42-24-21-38(51(3)4)31-46(42)57-47-32-39(52(5)6)22-25-43(47)48/h10-25,30-33,50H,8-9,26-29H2,1-7H3/q+1/b15-14+,18-16+. The molecule has 57 heavy (non-hydrogen) atoms. The highest BCUT2D eigenvalue weighted by molar-refractivity contribution is 6.10. The molecule has 7 rings (SSSR count). The maximum Gasteiger partial charge on any atom is 0.254 e. The lowest BCUT2D eigenvalue weighted by Gasteiger charge is -2.28. The largest absolute Gasteiger partial charge is 0.496 e. The molecular weight excluding hydrogens is 707 g/mol. The number of fused-ring (bicyclic) bond motifs is 2. The molecule has 4 aromatic rings. The van der Waals surface area contributed by atoms with Gasteiger partial charge in [0, 0.05) is 111 Å². The number of piperazine rings is 1. The van der Waals surface area contributed by atoms with Gasteiger partial charge in [0.2, 0.25) is 5.36 Å². The van der Waals surface area contributed by atoms with Gasteiger partial charge in [-0.05, 0) is 78.6 Å². The average Bonchev–Trinajstić information content (AvgIpc) is 3.24. The van der Waals surface area contributed by atoms with Gasteiger partial charge in [0.1, 0.15) is 31.2 Å². The van der Waals surface area contributed by atoms with Crippen molar-refractivity contribution in [2.45, 2.75) is 13.8 Å². The lowest BCUT2D eigenvalue weighted by atomic mass is 9.89. The van der Waals surface area contributed by atoms with Gasteiger partial charge >= 0.3 is 0 Å². The fourth-order valence-electron chi connectivity index (χ4n) is 7.53. The number of carbonyl (C=O) groups is 1. The van der Waals surface area contributed by atoms with Crippen LogP contribution in [0.3, 0.4) is 0 Å². The van der Waals surface area contributed by atoms with Gasteiger partial charge in [-0.15, -0.1) is 0 Å². The van der Waals surface area contributed by atoms with E-state index in [1.165, 1.54) is 0 Å². The van der Waals surface area contributed by atoms with Crippen molar-refractivity contribution in [3.8, 4) is 28.2 Å². The summed E-state index contributed by atoms with van der Waals surface area (Å²) in [5, 5.41) is 5.39. The van der Waals surface area contributed by atoms with Crippen molar-refractivity contribution in [3.63, 3.8) is 0 Å². The Bertz CT molecular complexity index is 2480. The Hall–Kier alpha value is -6.12. The molecule has 292 valence electrons. The molecule has 2 aliphatic heterocycles. The van der Waals surface area contributed by atoms with Crippen molar-refractivity contribution >= 4 is 52.6 Å². The van der Waals surface area contributed by atoms with Crippen LogP contribution in [0.2, 0.25) is 0 Å². The van der Waals surface area contributed by atoms with Crippen LogP contribution < -0.4 is 29.8 Å². The molecule has 8 nitrogen and oxygen atoms in total. The number of nitrogens with zero attached hydrogens (tertiary/aromatic N) is 4. The van der Waals surface area contributed by atoms with Crippen LogP contribution in [-0.2, 0) is 0 Å². The highest BCUT2D eigenvalue weighted by Crippen LogP contribution is 2.43. The molecule has 0 bridgehead atoms. The summed E-state index contributed by atoms with van der Waals surface area (Å²) in [6.45, 7) is 9.14. The maximum absolute atomic E-state index is 14.4. The highest BCUT2D eigenvalue weighted by Gasteiger charge is 2.26. The minimum absolute atomic E-state index is 0.0417. The Balaban J connectivity index is 1.26. The van der Waals surface area contributed by atoms with Crippen LogP contribution in [0.4, 0.5) is 11.4 Å². The summed E-state index contributed by atoms with van der Waals surface area (Å²) >= 11 is 0. The summed E-state index contributed by atoms with van der Waals surface area (Å²) in [7, 11) is 9.84. The summed E-state index contributed by atoms with van der Waals surface area (Å²) in [5.41, 5.74) is 10.7. The maximum atomic E-state index is 14.4. The van der Waals surface area contributed by atoms with E-state index in [0.29, 0.717) is 18.7 Å². The predicted octanol–water partition coefficient (Wildman–Crippen LogP) is 8.54. The first-order valence-corrected chi connectivity index (χ1v) is 19.9. The van der Waals surface area contributed by atoms with Crippen LogP contribution in [0.1, 0.15) is 46.5 Å². The summed E-state index contributed by atoms with van der Waals surface area (Å²) in [6.07, 6.45) is 8.48. The van der Waals surface area contributed by atoms with Crippen LogP contribution >= 0.6 is 0 Å². The second-order valence-electron chi connectivity index (χ2n) is 14.9. The van der Waals surface area contributed by atoms with Gasteiger partial charge < -0.3 is 29.2 Å². The number of hydrogen-bond donors (Lipinski definition) is 1. The van der Waals surface area contributed by atoms with Gasteiger partial charge in [0.25, 0.3) is 5.91 Å². The third-order valence-corrected chi connectivity index (χ3v) is 10.9. The SMILES string of the molecule is CCN(CC)c1ccc(/C=C/c2ccc(/C=C/c3ccc(C(=O)N4CCNCC4)c(-c4c5ccc(=[N+](C)C)cc-5oc5cc(N(C)C)ccc45)c3)cc2)c(OC)c1. The minimum Gasteiger partial charge on any atom is -0.496 e. The van der Waals surface area contributed by atoms with Crippen LogP contribution in [0, 0.1) is 0 Å².